The van der Waals surface area contributed by atoms with Crippen molar-refractivity contribution in [2.75, 3.05) is 19.8 Å². The van der Waals surface area contributed by atoms with E-state index in [-0.39, 0.29) is 23.8 Å². The molecule has 1 heterocycles. The second-order valence-electron chi connectivity index (χ2n) is 5.26. The third-order valence-corrected chi connectivity index (χ3v) is 3.44. The summed E-state index contributed by atoms with van der Waals surface area (Å²) in [5.41, 5.74) is 0. The van der Waals surface area contributed by atoms with Gasteiger partial charge in [-0.25, -0.2) is 0 Å². The summed E-state index contributed by atoms with van der Waals surface area (Å²) in [6.07, 6.45) is 1.58. The van der Waals surface area contributed by atoms with Gasteiger partial charge in [0, 0.05) is 13.2 Å². The highest BCUT2D eigenvalue weighted by atomic mass is 16.5. The second kappa shape index (κ2) is 7.48. The van der Waals surface area contributed by atoms with Gasteiger partial charge in [0.05, 0.1) is 6.61 Å². The van der Waals surface area contributed by atoms with Crippen LogP contribution in [0, 0.1) is 5.92 Å². The molecule has 0 saturated carbocycles. The molecule has 0 aromatic heterocycles. The maximum atomic E-state index is 12.4. The van der Waals surface area contributed by atoms with Crippen molar-refractivity contribution >= 4 is 11.8 Å². The van der Waals surface area contributed by atoms with Crippen molar-refractivity contribution in [1.82, 2.24) is 10.2 Å². The molecule has 1 aliphatic heterocycles. The lowest BCUT2D eigenvalue weighted by molar-refractivity contribution is -0.151. The molecule has 110 valence electrons. The van der Waals surface area contributed by atoms with Crippen LogP contribution in [0.15, 0.2) is 0 Å². The molecule has 1 fully saturated rings. The molecule has 1 N–H and O–H groups in total. The molecule has 0 radical (unpaired) electrons. The summed E-state index contributed by atoms with van der Waals surface area (Å²) in [7, 11) is 0. The maximum absolute atomic E-state index is 12.4. The molecule has 0 aliphatic carbocycles. The average molecular weight is 270 g/mol. The minimum atomic E-state index is -0.401. The van der Waals surface area contributed by atoms with E-state index < -0.39 is 6.04 Å². The molecule has 1 aliphatic rings. The van der Waals surface area contributed by atoms with Gasteiger partial charge in [-0.15, -0.1) is 0 Å². The largest absolute Gasteiger partial charge is 0.380 e. The van der Waals surface area contributed by atoms with Gasteiger partial charge in [0.25, 0.3) is 0 Å². The third kappa shape index (κ3) is 3.93. The fourth-order valence-corrected chi connectivity index (χ4v) is 2.37. The predicted molar refractivity (Wildman–Crippen MR) is 73.7 cm³/mol. The second-order valence-corrected chi connectivity index (χ2v) is 5.26. The molecule has 5 nitrogen and oxygen atoms in total. The maximum Gasteiger partial charge on any atom is 0.246 e. The van der Waals surface area contributed by atoms with E-state index in [1.165, 1.54) is 0 Å². The number of nitrogens with one attached hydrogen (secondary N) is 1. The Hall–Kier alpha value is -1.10. The van der Waals surface area contributed by atoms with Crippen LogP contribution in [0.1, 0.15) is 40.5 Å². The Morgan fingerprint density at radius 1 is 1.32 bits per heavy atom. The number of piperazine rings is 1. The van der Waals surface area contributed by atoms with Gasteiger partial charge >= 0.3 is 0 Å². The fraction of sp³-hybridized carbons (Fsp3) is 0.857. The number of nitrogens with zero attached hydrogens (tertiary/aromatic N) is 1. The lowest BCUT2D eigenvalue weighted by Gasteiger charge is -2.40. The van der Waals surface area contributed by atoms with E-state index in [9.17, 15) is 9.59 Å². The highest BCUT2D eigenvalue weighted by molar-refractivity contribution is 5.97. The van der Waals surface area contributed by atoms with Gasteiger partial charge in [0.15, 0.2) is 0 Å². The van der Waals surface area contributed by atoms with E-state index in [0.717, 1.165) is 6.42 Å². The molecule has 2 unspecified atom stereocenters. The van der Waals surface area contributed by atoms with Crippen LogP contribution in [0.3, 0.4) is 0 Å². The van der Waals surface area contributed by atoms with Gasteiger partial charge in [0.1, 0.15) is 12.1 Å². The summed E-state index contributed by atoms with van der Waals surface area (Å²) in [5.74, 6) is 0.0954. The van der Waals surface area contributed by atoms with Crippen molar-refractivity contribution in [2.45, 2.75) is 52.6 Å². The normalized spacial score (nSPS) is 23.9. The van der Waals surface area contributed by atoms with Crippen molar-refractivity contribution in [3.63, 3.8) is 0 Å². The Balaban J connectivity index is 2.80. The van der Waals surface area contributed by atoms with Gasteiger partial charge < -0.3 is 15.0 Å². The first kappa shape index (κ1) is 16.0. The summed E-state index contributed by atoms with van der Waals surface area (Å²) in [6.45, 7) is 9.44. The molecule has 1 saturated heterocycles. The van der Waals surface area contributed by atoms with Crippen LogP contribution in [0.2, 0.25) is 0 Å². The number of amides is 2. The zero-order valence-corrected chi connectivity index (χ0v) is 12.4. The van der Waals surface area contributed by atoms with Crippen molar-refractivity contribution < 1.29 is 14.3 Å². The van der Waals surface area contributed by atoms with Crippen molar-refractivity contribution in [3.8, 4) is 0 Å². The minimum absolute atomic E-state index is 0.0211. The molecule has 5 heteroatoms. The van der Waals surface area contributed by atoms with Crippen LogP contribution in [0.25, 0.3) is 0 Å². The SMILES string of the molecule is CCCC1C(=O)NC(C(C)C)C(=O)N1CCOCC. The summed E-state index contributed by atoms with van der Waals surface area (Å²) < 4.78 is 5.32. The minimum Gasteiger partial charge on any atom is -0.380 e. The Labute approximate surface area is 115 Å². The first-order chi connectivity index (χ1) is 9.02. The smallest absolute Gasteiger partial charge is 0.246 e. The Bertz CT molecular complexity index is 318. The molecular weight excluding hydrogens is 244 g/mol. The Kier molecular flexibility index (Phi) is 6.28. The van der Waals surface area contributed by atoms with Crippen LogP contribution in [0.5, 0.6) is 0 Å². The first-order valence-electron chi connectivity index (χ1n) is 7.21. The number of carbonyl (C=O) groups excluding carboxylic acids is 2. The molecule has 0 aromatic carbocycles. The van der Waals surface area contributed by atoms with Crippen LogP contribution >= 0.6 is 0 Å². The zero-order valence-electron chi connectivity index (χ0n) is 12.4. The Morgan fingerprint density at radius 2 is 2.00 bits per heavy atom. The van der Waals surface area contributed by atoms with E-state index in [2.05, 4.69) is 5.32 Å². The van der Waals surface area contributed by atoms with Gasteiger partial charge in [-0.05, 0) is 19.3 Å². The first-order valence-corrected chi connectivity index (χ1v) is 7.21. The third-order valence-electron chi connectivity index (χ3n) is 3.44. The zero-order chi connectivity index (χ0) is 14.4. The predicted octanol–water partition coefficient (Wildman–Crippen LogP) is 1.17. The van der Waals surface area contributed by atoms with Crippen molar-refractivity contribution in [1.29, 1.82) is 0 Å². The number of hydrogen-bond acceptors (Lipinski definition) is 3. The van der Waals surface area contributed by atoms with Crippen molar-refractivity contribution in [2.24, 2.45) is 5.92 Å². The Morgan fingerprint density at radius 3 is 2.53 bits per heavy atom. The molecule has 0 spiro atoms. The van der Waals surface area contributed by atoms with Crippen molar-refractivity contribution in [3.05, 3.63) is 0 Å². The summed E-state index contributed by atoms with van der Waals surface area (Å²) in [6, 6.07) is -0.741. The lowest BCUT2D eigenvalue weighted by atomic mass is 9.96. The summed E-state index contributed by atoms with van der Waals surface area (Å²) >= 11 is 0. The lowest BCUT2D eigenvalue weighted by Crippen LogP contribution is -2.65. The fourth-order valence-electron chi connectivity index (χ4n) is 2.37. The highest BCUT2D eigenvalue weighted by Crippen LogP contribution is 2.18. The van der Waals surface area contributed by atoms with Gasteiger partial charge in [0.2, 0.25) is 11.8 Å². The number of rotatable bonds is 7. The van der Waals surface area contributed by atoms with E-state index in [1.54, 1.807) is 4.90 Å². The van der Waals surface area contributed by atoms with E-state index in [1.807, 2.05) is 27.7 Å². The van der Waals surface area contributed by atoms with Gasteiger partial charge in [-0.2, -0.15) is 0 Å². The monoisotopic (exact) mass is 270 g/mol. The molecule has 2 atom stereocenters. The quantitative estimate of drug-likeness (QED) is 0.707. The number of carbonyl (C=O) groups is 2. The van der Waals surface area contributed by atoms with Crippen LogP contribution in [-0.2, 0) is 14.3 Å². The van der Waals surface area contributed by atoms with Crippen LogP contribution in [0.4, 0.5) is 0 Å². The molecule has 19 heavy (non-hydrogen) atoms. The van der Waals surface area contributed by atoms with Crippen LogP contribution in [-0.4, -0.2) is 48.6 Å². The van der Waals surface area contributed by atoms with E-state index >= 15 is 0 Å². The standard InChI is InChI=1S/C14H26N2O3/c1-5-7-11-13(17)15-12(10(3)4)14(18)16(11)8-9-19-6-2/h10-12H,5-9H2,1-4H3,(H,15,17). The topological polar surface area (TPSA) is 58.6 Å². The summed E-state index contributed by atoms with van der Waals surface area (Å²) in [5, 5.41) is 2.85. The van der Waals surface area contributed by atoms with Crippen LogP contribution < -0.4 is 5.32 Å². The number of hydrogen-bond donors (Lipinski definition) is 1. The molecule has 1 rings (SSSR count). The number of ether oxygens (including phenoxy) is 1. The van der Waals surface area contributed by atoms with E-state index in [4.69, 9.17) is 4.74 Å². The average Bonchev–Trinajstić information content (AvgIpc) is 2.36. The van der Waals surface area contributed by atoms with E-state index in [0.29, 0.717) is 26.2 Å². The summed E-state index contributed by atoms with van der Waals surface area (Å²) in [4.78, 5) is 26.3. The van der Waals surface area contributed by atoms with Gasteiger partial charge in [-0.1, -0.05) is 27.2 Å². The molecule has 0 aromatic rings. The van der Waals surface area contributed by atoms with Gasteiger partial charge in [-0.3, -0.25) is 9.59 Å². The highest BCUT2D eigenvalue weighted by Gasteiger charge is 2.40. The molecular formula is C14H26N2O3. The molecule has 2 amide bonds. The molecule has 0 bridgehead atoms.